The lowest BCUT2D eigenvalue weighted by atomic mass is 10.1. The van der Waals surface area contributed by atoms with Crippen molar-refractivity contribution in [3.05, 3.63) is 12.3 Å². The summed E-state index contributed by atoms with van der Waals surface area (Å²) in [5.41, 5.74) is 0. The van der Waals surface area contributed by atoms with Crippen LogP contribution in [0.5, 0.6) is 0 Å². The van der Waals surface area contributed by atoms with Gasteiger partial charge in [-0.05, 0) is 24.7 Å². The van der Waals surface area contributed by atoms with Crippen LogP contribution >= 0.6 is 0 Å². The van der Waals surface area contributed by atoms with E-state index in [0.29, 0.717) is 5.92 Å². The number of rotatable bonds is 1. The lowest BCUT2D eigenvalue weighted by molar-refractivity contribution is 0.469. The van der Waals surface area contributed by atoms with Gasteiger partial charge in [0, 0.05) is 5.92 Å². The maximum atomic E-state index is 5.17. The van der Waals surface area contributed by atoms with E-state index in [-0.39, 0.29) is 0 Å². The molecule has 1 aromatic heterocycles. The molecule has 0 N–H and O–H groups in total. The summed E-state index contributed by atoms with van der Waals surface area (Å²) in [5.74, 6) is 3.27. The number of nitrogens with zero attached hydrogens (tertiary/aromatic N) is 2. The topological polar surface area (TPSA) is 38.9 Å². The van der Waals surface area contributed by atoms with E-state index in [1.165, 1.54) is 25.7 Å². The highest BCUT2D eigenvalue weighted by Gasteiger charge is 2.55. The van der Waals surface area contributed by atoms with Gasteiger partial charge in [-0.1, -0.05) is 6.42 Å². The summed E-state index contributed by atoms with van der Waals surface area (Å²) >= 11 is 0. The molecule has 58 valence electrons. The zero-order chi connectivity index (χ0) is 7.26. The van der Waals surface area contributed by atoms with Gasteiger partial charge in [-0.15, -0.1) is 10.2 Å². The van der Waals surface area contributed by atoms with E-state index in [1.807, 2.05) is 0 Å². The Kier molecular flexibility index (Phi) is 0.962. The van der Waals surface area contributed by atoms with Gasteiger partial charge >= 0.3 is 0 Å². The molecule has 2 aliphatic rings. The van der Waals surface area contributed by atoms with Gasteiger partial charge in [0.05, 0.1) is 0 Å². The second-order valence-corrected chi connectivity index (χ2v) is 3.56. The molecule has 1 unspecified atom stereocenters. The van der Waals surface area contributed by atoms with Crippen molar-refractivity contribution in [2.24, 2.45) is 11.8 Å². The molecule has 3 atom stereocenters. The van der Waals surface area contributed by atoms with Crippen LogP contribution in [0.25, 0.3) is 0 Å². The van der Waals surface area contributed by atoms with Crippen LogP contribution in [0.2, 0.25) is 0 Å². The molecule has 11 heavy (non-hydrogen) atoms. The minimum absolute atomic E-state index is 0.631. The van der Waals surface area contributed by atoms with Crippen LogP contribution in [-0.4, -0.2) is 10.2 Å². The van der Waals surface area contributed by atoms with Crippen LogP contribution < -0.4 is 0 Å². The number of fused-ring (bicyclic) bond motifs is 1. The van der Waals surface area contributed by atoms with E-state index in [1.54, 1.807) is 0 Å². The van der Waals surface area contributed by atoms with Gasteiger partial charge < -0.3 is 4.42 Å². The summed E-state index contributed by atoms with van der Waals surface area (Å²) in [6.45, 7) is 0. The van der Waals surface area contributed by atoms with Crippen molar-refractivity contribution in [3.63, 3.8) is 0 Å². The number of aromatic nitrogens is 2. The molecule has 2 fully saturated rings. The lowest BCUT2D eigenvalue weighted by Crippen LogP contribution is -1.87. The van der Waals surface area contributed by atoms with E-state index in [9.17, 15) is 0 Å². The largest absolute Gasteiger partial charge is 0.428 e. The fourth-order valence-corrected chi connectivity index (χ4v) is 2.51. The second kappa shape index (κ2) is 1.84. The number of hydrogen-bond acceptors (Lipinski definition) is 3. The first-order valence-electron chi connectivity index (χ1n) is 4.23. The third-order valence-corrected chi connectivity index (χ3v) is 3.07. The van der Waals surface area contributed by atoms with E-state index < -0.39 is 0 Å². The molecule has 2 saturated carbocycles. The Hall–Kier alpha value is -0.860. The van der Waals surface area contributed by atoms with Crippen molar-refractivity contribution in [2.75, 3.05) is 0 Å². The van der Waals surface area contributed by atoms with Gasteiger partial charge in [0.15, 0.2) is 0 Å². The van der Waals surface area contributed by atoms with Crippen molar-refractivity contribution in [1.82, 2.24) is 10.2 Å². The molecule has 0 bridgehead atoms. The molecule has 3 rings (SSSR count). The molecule has 0 radical (unpaired) electrons. The first-order chi connectivity index (χ1) is 5.47. The molecule has 3 nitrogen and oxygen atoms in total. The fourth-order valence-electron chi connectivity index (χ4n) is 2.51. The van der Waals surface area contributed by atoms with Gasteiger partial charge in [0.2, 0.25) is 12.3 Å². The summed E-state index contributed by atoms with van der Waals surface area (Å²) in [7, 11) is 0. The van der Waals surface area contributed by atoms with Crippen molar-refractivity contribution >= 4 is 0 Å². The molecule has 0 aliphatic heterocycles. The molecule has 3 heteroatoms. The quantitative estimate of drug-likeness (QED) is 0.610. The zero-order valence-electron chi connectivity index (χ0n) is 6.23. The first-order valence-corrected chi connectivity index (χ1v) is 4.23. The molecule has 2 aliphatic carbocycles. The molecule has 1 aromatic rings. The molecular weight excluding hydrogens is 140 g/mol. The Morgan fingerprint density at radius 1 is 1.36 bits per heavy atom. The maximum Gasteiger partial charge on any atom is 0.219 e. The van der Waals surface area contributed by atoms with Crippen LogP contribution in [0, 0.1) is 11.8 Å². The molecule has 0 aromatic carbocycles. The number of hydrogen-bond donors (Lipinski definition) is 0. The van der Waals surface area contributed by atoms with Gasteiger partial charge in [-0.25, -0.2) is 0 Å². The monoisotopic (exact) mass is 150 g/mol. The Balaban J connectivity index is 1.85. The average molecular weight is 150 g/mol. The smallest absolute Gasteiger partial charge is 0.219 e. The molecule has 0 amide bonds. The second-order valence-electron chi connectivity index (χ2n) is 3.56. The maximum absolute atomic E-state index is 5.17. The molecular formula is C8H10N2O. The summed E-state index contributed by atoms with van der Waals surface area (Å²) in [6.07, 6.45) is 5.58. The highest BCUT2D eigenvalue weighted by Crippen LogP contribution is 2.62. The van der Waals surface area contributed by atoms with Gasteiger partial charge in [0.25, 0.3) is 0 Å². The van der Waals surface area contributed by atoms with Gasteiger partial charge in [-0.2, -0.15) is 0 Å². The SMILES string of the molecule is c1nnc(C2[C@H]3CCC[C@@H]23)o1. The Labute approximate surface area is 64.8 Å². The third kappa shape index (κ3) is 0.682. The van der Waals surface area contributed by atoms with Crippen molar-refractivity contribution < 1.29 is 4.42 Å². The van der Waals surface area contributed by atoms with Crippen LogP contribution in [0.15, 0.2) is 10.8 Å². The highest BCUT2D eigenvalue weighted by molar-refractivity contribution is 5.14. The van der Waals surface area contributed by atoms with Gasteiger partial charge in [-0.3, -0.25) is 0 Å². The predicted octanol–water partition coefficient (Wildman–Crippen LogP) is 1.58. The summed E-state index contributed by atoms with van der Waals surface area (Å²) in [5, 5.41) is 7.64. The van der Waals surface area contributed by atoms with Gasteiger partial charge in [0.1, 0.15) is 0 Å². The normalized spacial score (nSPS) is 40.5. The average Bonchev–Trinajstić information content (AvgIpc) is 2.57. The predicted molar refractivity (Wildman–Crippen MR) is 37.9 cm³/mol. The minimum Gasteiger partial charge on any atom is -0.428 e. The van der Waals surface area contributed by atoms with Crippen molar-refractivity contribution in [1.29, 1.82) is 0 Å². The van der Waals surface area contributed by atoms with Crippen LogP contribution in [0.3, 0.4) is 0 Å². The van der Waals surface area contributed by atoms with Crippen LogP contribution in [-0.2, 0) is 0 Å². The molecule has 0 saturated heterocycles. The molecule has 1 heterocycles. The Morgan fingerprint density at radius 2 is 2.18 bits per heavy atom. The van der Waals surface area contributed by atoms with E-state index in [2.05, 4.69) is 10.2 Å². The van der Waals surface area contributed by atoms with Crippen LogP contribution in [0.4, 0.5) is 0 Å². The first kappa shape index (κ1) is 5.75. The summed E-state index contributed by atoms with van der Waals surface area (Å²) < 4.78 is 5.17. The molecule has 0 spiro atoms. The fraction of sp³-hybridized carbons (Fsp3) is 0.750. The Morgan fingerprint density at radius 3 is 2.82 bits per heavy atom. The van der Waals surface area contributed by atoms with E-state index in [4.69, 9.17) is 4.42 Å². The zero-order valence-corrected chi connectivity index (χ0v) is 6.23. The van der Waals surface area contributed by atoms with Crippen molar-refractivity contribution in [2.45, 2.75) is 25.2 Å². The van der Waals surface area contributed by atoms with E-state index >= 15 is 0 Å². The summed E-state index contributed by atoms with van der Waals surface area (Å²) in [4.78, 5) is 0. The Bertz CT molecular complexity index is 247. The van der Waals surface area contributed by atoms with Crippen molar-refractivity contribution in [3.8, 4) is 0 Å². The lowest BCUT2D eigenvalue weighted by Gasteiger charge is -1.94. The highest BCUT2D eigenvalue weighted by atomic mass is 16.4. The summed E-state index contributed by atoms with van der Waals surface area (Å²) in [6, 6.07) is 0. The minimum atomic E-state index is 0.631. The van der Waals surface area contributed by atoms with E-state index in [0.717, 1.165) is 17.7 Å². The van der Waals surface area contributed by atoms with Crippen LogP contribution in [0.1, 0.15) is 31.1 Å². The standard InChI is InChI=1S/C8H10N2O/c1-2-5-6(3-1)7(5)8-10-9-4-11-8/h4-7H,1-3H2/t5-,6+,7?. The third-order valence-electron chi connectivity index (χ3n) is 3.07.